The number of thiophene rings is 1. The van der Waals surface area contributed by atoms with Gasteiger partial charge in [0.25, 0.3) is 11.7 Å². The normalized spacial score (nSPS) is 18.4. The van der Waals surface area contributed by atoms with Crippen molar-refractivity contribution in [3.63, 3.8) is 0 Å². The van der Waals surface area contributed by atoms with Gasteiger partial charge in [0.15, 0.2) is 0 Å². The molecule has 0 radical (unpaired) electrons. The molecular weight excluding hydrogens is 403 g/mol. The summed E-state index contributed by atoms with van der Waals surface area (Å²) in [6.45, 7) is 0. The molecule has 30 heavy (non-hydrogen) atoms. The lowest BCUT2D eigenvalue weighted by Gasteiger charge is -2.24. The molecule has 0 saturated carbocycles. The zero-order valence-electron chi connectivity index (χ0n) is 15.5. The van der Waals surface area contributed by atoms with Crippen LogP contribution in [0.4, 0.5) is 10.1 Å². The third kappa shape index (κ3) is 2.74. The maximum absolute atomic E-state index is 13.9. The molecule has 1 saturated heterocycles. The Morgan fingerprint density at radius 1 is 1.07 bits per heavy atom. The number of carbonyl (C=O) groups is 2. The summed E-state index contributed by atoms with van der Waals surface area (Å²) < 4.78 is 13.9. The second-order valence-electron chi connectivity index (χ2n) is 6.91. The van der Waals surface area contributed by atoms with Crippen molar-refractivity contribution in [3.05, 3.63) is 94.1 Å². The fraction of sp³-hybridized carbons (Fsp3) is 0.0435. The molecule has 4 aromatic rings. The van der Waals surface area contributed by atoms with Crippen molar-refractivity contribution in [3.8, 4) is 0 Å². The largest absolute Gasteiger partial charge is 0.507 e. The van der Waals surface area contributed by atoms with Crippen LogP contribution in [0.25, 0.3) is 16.7 Å². The van der Waals surface area contributed by atoms with Gasteiger partial charge in [-0.25, -0.2) is 4.39 Å². The first-order chi connectivity index (χ1) is 14.6. The maximum Gasteiger partial charge on any atom is 0.300 e. The van der Waals surface area contributed by atoms with E-state index in [4.69, 9.17) is 0 Å². The van der Waals surface area contributed by atoms with Gasteiger partial charge in [0.1, 0.15) is 17.6 Å². The van der Waals surface area contributed by atoms with Crippen LogP contribution < -0.4 is 4.90 Å². The topological polar surface area (TPSA) is 73.4 Å². The molecule has 5 rings (SSSR count). The Labute approximate surface area is 174 Å². The van der Waals surface area contributed by atoms with E-state index in [9.17, 15) is 19.1 Å². The van der Waals surface area contributed by atoms with Gasteiger partial charge in [-0.2, -0.15) is 0 Å². The molecule has 0 spiro atoms. The maximum atomic E-state index is 13.9. The van der Waals surface area contributed by atoms with E-state index in [0.29, 0.717) is 10.4 Å². The van der Waals surface area contributed by atoms with Crippen LogP contribution in [0.5, 0.6) is 0 Å². The number of benzene rings is 2. The lowest BCUT2D eigenvalue weighted by molar-refractivity contribution is -0.132. The minimum Gasteiger partial charge on any atom is -0.507 e. The number of ketones is 1. The van der Waals surface area contributed by atoms with Crippen LogP contribution in [0, 0.1) is 5.82 Å². The van der Waals surface area contributed by atoms with Gasteiger partial charge in [-0.1, -0.05) is 30.3 Å². The van der Waals surface area contributed by atoms with Gasteiger partial charge in [-0.3, -0.25) is 14.5 Å². The van der Waals surface area contributed by atoms with Gasteiger partial charge in [-0.05, 0) is 35.7 Å². The number of nitrogens with zero attached hydrogens (tertiary/aromatic N) is 1. The van der Waals surface area contributed by atoms with Crippen molar-refractivity contribution in [1.82, 2.24) is 4.98 Å². The monoisotopic (exact) mass is 418 g/mol. The van der Waals surface area contributed by atoms with Crippen molar-refractivity contribution < 1.29 is 19.1 Å². The average molecular weight is 418 g/mol. The summed E-state index contributed by atoms with van der Waals surface area (Å²) in [4.78, 5) is 31.0. The quantitative estimate of drug-likeness (QED) is 0.280. The molecule has 1 fully saturated rings. The number of aromatic nitrogens is 1. The van der Waals surface area contributed by atoms with Crippen LogP contribution in [-0.2, 0) is 9.59 Å². The number of aliphatic hydroxyl groups is 1. The Morgan fingerprint density at radius 2 is 1.90 bits per heavy atom. The van der Waals surface area contributed by atoms with E-state index in [2.05, 4.69) is 4.98 Å². The molecule has 1 amide bonds. The first-order valence-electron chi connectivity index (χ1n) is 9.22. The molecule has 2 N–H and O–H groups in total. The summed E-state index contributed by atoms with van der Waals surface area (Å²) in [6, 6.07) is 15.6. The number of nitrogens with one attached hydrogen (secondary N) is 1. The summed E-state index contributed by atoms with van der Waals surface area (Å²) >= 11 is 1.36. The Balaban J connectivity index is 1.75. The molecule has 0 aliphatic carbocycles. The van der Waals surface area contributed by atoms with Crippen LogP contribution >= 0.6 is 11.3 Å². The van der Waals surface area contributed by atoms with Crippen molar-refractivity contribution in [2.45, 2.75) is 6.04 Å². The van der Waals surface area contributed by atoms with Crippen LogP contribution in [-0.4, -0.2) is 21.8 Å². The number of carbonyl (C=O) groups excluding carboxylic acids is 2. The number of Topliss-reactive ketones (excluding diaryl/α,β-unsaturated/α-hetero) is 1. The first-order valence-corrected chi connectivity index (χ1v) is 10.1. The molecule has 2 aromatic heterocycles. The zero-order valence-corrected chi connectivity index (χ0v) is 16.3. The van der Waals surface area contributed by atoms with E-state index in [1.807, 2.05) is 29.6 Å². The van der Waals surface area contributed by atoms with Gasteiger partial charge >= 0.3 is 0 Å². The van der Waals surface area contributed by atoms with Crippen molar-refractivity contribution >= 4 is 45.4 Å². The van der Waals surface area contributed by atoms with Crippen LogP contribution in [0.3, 0.4) is 0 Å². The van der Waals surface area contributed by atoms with E-state index >= 15 is 0 Å². The van der Waals surface area contributed by atoms with Gasteiger partial charge < -0.3 is 10.1 Å². The SMILES string of the molecule is O=C1C(=O)N(c2cccc(F)c2)C(c2cccs2)/C1=C(/O)c1c[nH]c2ccccc12. The summed E-state index contributed by atoms with van der Waals surface area (Å²) in [5.41, 5.74) is 1.47. The van der Waals surface area contributed by atoms with Crippen molar-refractivity contribution in [1.29, 1.82) is 0 Å². The van der Waals surface area contributed by atoms with E-state index in [1.165, 1.54) is 34.4 Å². The molecule has 2 aromatic carbocycles. The van der Waals surface area contributed by atoms with Crippen molar-refractivity contribution in [2.24, 2.45) is 0 Å². The number of aliphatic hydroxyl groups excluding tert-OH is 1. The third-order valence-corrected chi connectivity index (χ3v) is 6.11. The van der Waals surface area contributed by atoms with Gasteiger partial charge in [0.05, 0.1) is 5.57 Å². The first kappa shape index (κ1) is 18.3. The summed E-state index contributed by atoms with van der Waals surface area (Å²) in [6.07, 6.45) is 1.61. The Kier molecular flexibility index (Phi) is 4.25. The second kappa shape index (κ2) is 6.96. The molecule has 5 nitrogen and oxygen atoms in total. The molecule has 0 bridgehead atoms. The minimum atomic E-state index is -0.847. The molecular formula is C23H15FN2O3S. The van der Waals surface area contributed by atoms with Gasteiger partial charge in [-0.15, -0.1) is 11.3 Å². The summed E-state index contributed by atoms with van der Waals surface area (Å²) in [7, 11) is 0. The highest BCUT2D eigenvalue weighted by Crippen LogP contribution is 2.44. The van der Waals surface area contributed by atoms with Crippen molar-refractivity contribution in [2.75, 3.05) is 4.90 Å². The lowest BCUT2D eigenvalue weighted by atomic mass is 9.99. The highest BCUT2D eigenvalue weighted by Gasteiger charge is 2.47. The second-order valence-corrected chi connectivity index (χ2v) is 7.89. The predicted octanol–water partition coefficient (Wildman–Crippen LogP) is 4.99. The predicted molar refractivity (Wildman–Crippen MR) is 114 cm³/mol. The van der Waals surface area contributed by atoms with E-state index in [1.54, 1.807) is 24.4 Å². The van der Waals surface area contributed by atoms with E-state index in [-0.39, 0.29) is 17.0 Å². The number of anilines is 1. The highest BCUT2D eigenvalue weighted by atomic mass is 32.1. The number of halogens is 1. The Morgan fingerprint density at radius 3 is 2.67 bits per heavy atom. The standard InChI is InChI=1S/C23H15FN2O3S/c24-13-5-3-6-14(11-13)26-20(18-9-4-10-30-18)19(22(28)23(26)29)21(27)16-12-25-17-8-2-1-7-15(16)17/h1-12,20,25,27H/b21-19-. The molecule has 1 atom stereocenters. The van der Waals surface area contributed by atoms with Gasteiger partial charge in [0.2, 0.25) is 0 Å². The molecule has 3 heterocycles. The van der Waals surface area contributed by atoms with Crippen LogP contribution in [0.1, 0.15) is 16.5 Å². The zero-order chi connectivity index (χ0) is 20.8. The van der Waals surface area contributed by atoms with E-state index in [0.717, 1.165) is 10.9 Å². The summed E-state index contributed by atoms with van der Waals surface area (Å²) in [5, 5.41) is 13.7. The number of hydrogen-bond acceptors (Lipinski definition) is 4. The van der Waals surface area contributed by atoms with Crippen LogP contribution in [0.2, 0.25) is 0 Å². The number of amides is 1. The van der Waals surface area contributed by atoms with Crippen LogP contribution in [0.15, 0.2) is 77.8 Å². The smallest absolute Gasteiger partial charge is 0.300 e. The van der Waals surface area contributed by atoms with Gasteiger partial charge in [0, 0.05) is 33.2 Å². The number of H-pyrrole nitrogens is 1. The molecule has 1 aliphatic heterocycles. The Hall–Kier alpha value is -3.71. The van der Waals surface area contributed by atoms with E-state index < -0.39 is 23.5 Å². The number of rotatable bonds is 3. The number of hydrogen-bond donors (Lipinski definition) is 2. The highest BCUT2D eigenvalue weighted by molar-refractivity contribution is 7.10. The molecule has 1 aliphatic rings. The fourth-order valence-corrected chi connectivity index (χ4v) is 4.68. The third-order valence-electron chi connectivity index (χ3n) is 5.19. The average Bonchev–Trinajstić information content (AvgIpc) is 3.47. The number of fused-ring (bicyclic) bond motifs is 1. The lowest BCUT2D eigenvalue weighted by Crippen LogP contribution is -2.29. The number of para-hydroxylation sites is 1. The Bertz CT molecular complexity index is 1320. The molecule has 1 unspecified atom stereocenters. The number of aromatic amines is 1. The molecule has 148 valence electrons. The minimum absolute atomic E-state index is 0.0172. The fourth-order valence-electron chi connectivity index (χ4n) is 3.85. The summed E-state index contributed by atoms with van der Waals surface area (Å²) in [5.74, 6) is -2.39. The molecule has 7 heteroatoms.